The Kier molecular flexibility index (Phi) is 11.2. The molecular weight excluding hydrogens is 658 g/mol. The number of aliphatic hydroxyl groups excluding tert-OH is 3. The number of aromatic amines is 1. The van der Waals surface area contributed by atoms with Crippen LogP contribution in [0.4, 0.5) is 5.69 Å². The fourth-order valence-electron chi connectivity index (χ4n) is 5.80. The van der Waals surface area contributed by atoms with E-state index in [1.807, 2.05) is 0 Å². The molecule has 1 aliphatic rings. The number of aromatic nitrogens is 4. The number of nitrogens with one attached hydrogen (secondary N) is 3. The molecule has 18 heteroatoms. The van der Waals surface area contributed by atoms with Crippen LogP contribution in [0.5, 0.6) is 0 Å². The number of aliphatic hydroxyl groups is 3. The number of H-pyrrole nitrogens is 1. The van der Waals surface area contributed by atoms with Crippen LogP contribution in [-0.2, 0) is 38.6 Å². The minimum Gasteiger partial charge on any atom is -0.477 e. The average Bonchev–Trinajstić information content (AvgIpc) is 3.73. The lowest BCUT2D eigenvalue weighted by Gasteiger charge is -2.46. The van der Waals surface area contributed by atoms with Gasteiger partial charge in [0.2, 0.25) is 5.91 Å². The van der Waals surface area contributed by atoms with Gasteiger partial charge in [0.1, 0.15) is 17.9 Å². The van der Waals surface area contributed by atoms with E-state index in [1.54, 1.807) is 42.6 Å². The van der Waals surface area contributed by atoms with Crippen molar-refractivity contribution < 1.29 is 49.2 Å². The molecule has 6 atom stereocenters. The highest BCUT2D eigenvalue weighted by atomic mass is 16.7. The number of carboxylic acids is 1. The molecule has 2 aromatic carbocycles. The Morgan fingerprint density at radius 1 is 1.22 bits per heavy atom. The second-order valence-corrected chi connectivity index (χ2v) is 11.9. The molecule has 0 radical (unpaired) electrons. The van der Waals surface area contributed by atoms with Crippen LogP contribution < -0.4 is 10.6 Å². The van der Waals surface area contributed by atoms with Crippen LogP contribution in [0.2, 0.25) is 0 Å². The van der Waals surface area contributed by atoms with Gasteiger partial charge in [0.15, 0.2) is 0 Å². The molecule has 0 saturated carbocycles. The van der Waals surface area contributed by atoms with Crippen molar-refractivity contribution >= 4 is 34.4 Å². The highest BCUT2D eigenvalue weighted by molar-refractivity contribution is 5.94. The zero-order valence-electron chi connectivity index (χ0n) is 26.8. The highest BCUT2D eigenvalue weighted by Gasteiger charge is 2.55. The maximum absolute atomic E-state index is 12.6. The largest absolute Gasteiger partial charge is 0.477 e. The Morgan fingerprint density at radius 2 is 1.98 bits per heavy atom. The molecule has 0 bridgehead atoms. The summed E-state index contributed by atoms with van der Waals surface area (Å²) < 4.78 is 13.0. The van der Waals surface area contributed by atoms with Gasteiger partial charge in [-0.1, -0.05) is 23.4 Å². The summed E-state index contributed by atoms with van der Waals surface area (Å²) in [6, 6.07) is 11.3. The van der Waals surface area contributed by atoms with Gasteiger partial charge in [-0.15, -0.1) is 5.10 Å². The van der Waals surface area contributed by atoms with E-state index < -0.39 is 78.5 Å². The molecule has 266 valence electrons. The first-order valence-electron chi connectivity index (χ1n) is 15.7. The molecule has 0 spiro atoms. The van der Waals surface area contributed by atoms with Crippen LogP contribution >= 0.6 is 0 Å². The third-order valence-electron chi connectivity index (χ3n) is 8.34. The second kappa shape index (κ2) is 15.5. The first-order valence-corrected chi connectivity index (χ1v) is 15.7. The van der Waals surface area contributed by atoms with E-state index in [0.29, 0.717) is 24.9 Å². The van der Waals surface area contributed by atoms with Crippen LogP contribution in [0.3, 0.4) is 0 Å². The highest BCUT2D eigenvalue weighted by Crippen LogP contribution is 2.34. The molecule has 4 aromatic rings. The summed E-state index contributed by atoms with van der Waals surface area (Å²) in [5.41, 5.74) is 2.17. The fourth-order valence-corrected chi connectivity index (χ4v) is 5.80. The number of nitro benzene ring substituents is 1. The van der Waals surface area contributed by atoms with E-state index in [0.717, 1.165) is 23.4 Å². The number of benzene rings is 2. The molecule has 7 N–H and O–H groups in total. The van der Waals surface area contributed by atoms with Gasteiger partial charge in [0.05, 0.1) is 36.0 Å². The molecule has 1 saturated heterocycles. The summed E-state index contributed by atoms with van der Waals surface area (Å²) in [6.07, 6.45) is -3.08. The van der Waals surface area contributed by atoms with Crippen molar-refractivity contribution in [2.45, 2.75) is 75.6 Å². The smallest absolute Gasteiger partial charge is 0.364 e. The molecule has 2 amide bonds. The summed E-state index contributed by atoms with van der Waals surface area (Å²) in [4.78, 5) is 50.8. The van der Waals surface area contributed by atoms with E-state index in [9.17, 15) is 44.9 Å². The molecule has 18 nitrogen and oxygen atoms in total. The number of non-ortho nitro benzene ring substituents is 1. The topological polar surface area (TPSA) is 264 Å². The summed E-state index contributed by atoms with van der Waals surface area (Å²) >= 11 is 0. The lowest BCUT2D eigenvalue weighted by molar-refractivity contribution is -0.384. The van der Waals surface area contributed by atoms with Crippen molar-refractivity contribution in [1.82, 2.24) is 30.6 Å². The van der Waals surface area contributed by atoms with Crippen molar-refractivity contribution in [3.05, 3.63) is 87.9 Å². The van der Waals surface area contributed by atoms with Gasteiger partial charge in [-0.3, -0.25) is 24.4 Å². The Labute approximate surface area is 284 Å². The number of aryl methyl sites for hydroxylation is 2. The van der Waals surface area contributed by atoms with Gasteiger partial charge in [0, 0.05) is 61.2 Å². The van der Waals surface area contributed by atoms with Crippen LogP contribution in [0.15, 0.2) is 60.9 Å². The van der Waals surface area contributed by atoms with E-state index in [2.05, 4.69) is 25.9 Å². The number of fused-ring (bicyclic) bond motifs is 1. The molecule has 0 aliphatic carbocycles. The van der Waals surface area contributed by atoms with Crippen LogP contribution in [0.1, 0.15) is 41.4 Å². The number of carboxylic acid groups (broad SMARTS) is 1. The molecule has 1 aliphatic heterocycles. The van der Waals surface area contributed by atoms with Crippen LogP contribution in [-0.4, -0.2) is 106 Å². The van der Waals surface area contributed by atoms with Crippen molar-refractivity contribution in [2.24, 2.45) is 0 Å². The minimum atomic E-state index is -2.53. The van der Waals surface area contributed by atoms with E-state index in [-0.39, 0.29) is 11.4 Å². The fraction of sp³-hybridized carbons (Fsp3) is 0.406. The number of nitrogens with zero attached hydrogens (tertiary/aromatic N) is 4. The molecule has 2 aromatic heterocycles. The number of ether oxygens (including phenoxy) is 2. The molecule has 50 heavy (non-hydrogen) atoms. The van der Waals surface area contributed by atoms with E-state index in [4.69, 9.17) is 9.47 Å². The Hall–Kier alpha value is -5.27. The predicted octanol–water partition coefficient (Wildman–Crippen LogP) is 0.404. The zero-order valence-corrected chi connectivity index (χ0v) is 26.8. The van der Waals surface area contributed by atoms with Gasteiger partial charge in [-0.05, 0) is 36.6 Å². The number of carbonyl (C=O) groups excluding carboxylic acids is 2. The Balaban J connectivity index is 1.22. The lowest BCUT2D eigenvalue weighted by Crippen LogP contribution is -2.68. The number of amides is 2. The van der Waals surface area contributed by atoms with Crippen LogP contribution in [0.25, 0.3) is 10.9 Å². The second-order valence-electron chi connectivity index (χ2n) is 11.9. The number of nitro groups is 1. The van der Waals surface area contributed by atoms with Gasteiger partial charge in [0.25, 0.3) is 17.4 Å². The van der Waals surface area contributed by atoms with Crippen molar-refractivity contribution in [1.29, 1.82) is 0 Å². The first-order chi connectivity index (χ1) is 23.9. The standard InChI is InChI=1S/C32H37N7O11/c1-18(40)35-27-25(41)13-32(31(45)46,50-29(27)28(43)26(42)15-34-30(44)19-6-3-2-4-7-19)49-17-21-16-38(37-36-21)11-5-8-20-14-33-24-10-9-22(39(47)48)12-23(20)24/h2-4,6-7,9-10,12,14,16,25-29,33,41-43H,5,8,11,13,15,17H2,1H3,(H,34,44)(H,35,40)(H,45,46). The summed E-state index contributed by atoms with van der Waals surface area (Å²) in [5, 5.41) is 67.9. The molecule has 3 heterocycles. The number of hydrogen-bond donors (Lipinski definition) is 7. The SMILES string of the molecule is CC(=O)NC1C(O)CC(OCc2cn(CCCc3c[nH]c4ccc([N+](=O)[O-])cc34)nn2)(C(=O)O)OC1C(O)C(O)CNC(=O)c1ccccc1. The van der Waals surface area contributed by atoms with Crippen LogP contribution in [0, 0.1) is 10.1 Å². The Bertz CT molecular complexity index is 1830. The number of hydrogen-bond acceptors (Lipinski definition) is 12. The average molecular weight is 696 g/mol. The maximum Gasteiger partial charge on any atom is 0.364 e. The number of rotatable bonds is 15. The summed E-state index contributed by atoms with van der Waals surface area (Å²) in [6.45, 7) is 0.647. The van der Waals surface area contributed by atoms with E-state index >= 15 is 0 Å². The molecular formula is C32H37N7O11. The third kappa shape index (κ3) is 8.29. The summed E-state index contributed by atoms with van der Waals surface area (Å²) in [5.74, 6) is -5.34. The zero-order chi connectivity index (χ0) is 36.0. The normalized spacial score (nSPS) is 21.7. The monoisotopic (exact) mass is 695 g/mol. The van der Waals surface area contributed by atoms with E-state index in [1.165, 1.54) is 23.0 Å². The number of carbonyl (C=O) groups is 3. The van der Waals surface area contributed by atoms with Crippen molar-refractivity contribution in [3.63, 3.8) is 0 Å². The lowest BCUT2D eigenvalue weighted by atomic mass is 9.88. The quantitative estimate of drug-likeness (QED) is 0.0657. The third-order valence-corrected chi connectivity index (χ3v) is 8.34. The van der Waals surface area contributed by atoms with Gasteiger partial charge in [-0.2, -0.15) is 0 Å². The first kappa shape index (κ1) is 36.0. The van der Waals surface area contributed by atoms with Gasteiger partial charge in [-0.25, -0.2) is 4.79 Å². The molecule has 6 unspecified atom stereocenters. The Morgan fingerprint density at radius 3 is 2.68 bits per heavy atom. The minimum absolute atomic E-state index is 0.0113. The molecule has 5 rings (SSSR count). The summed E-state index contributed by atoms with van der Waals surface area (Å²) in [7, 11) is 0. The van der Waals surface area contributed by atoms with Crippen molar-refractivity contribution in [2.75, 3.05) is 6.54 Å². The maximum atomic E-state index is 12.6. The van der Waals surface area contributed by atoms with Crippen molar-refractivity contribution in [3.8, 4) is 0 Å². The molecule has 1 fully saturated rings. The number of aliphatic carboxylic acids is 1. The predicted molar refractivity (Wildman–Crippen MR) is 172 cm³/mol. The van der Waals surface area contributed by atoms with Gasteiger partial charge >= 0.3 is 5.97 Å². The van der Waals surface area contributed by atoms with Gasteiger partial charge < -0.3 is 45.5 Å².